The van der Waals surface area contributed by atoms with Crippen LogP contribution in [-0.2, 0) is 15.7 Å². The molecule has 0 saturated heterocycles. The van der Waals surface area contributed by atoms with Crippen molar-refractivity contribution >= 4 is 17.7 Å². The number of nitrogens with one attached hydrogen (secondary N) is 1. The van der Waals surface area contributed by atoms with Crippen LogP contribution >= 0.6 is 0 Å². The van der Waals surface area contributed by atoms with Gasteiger partial charge in [0, 0.05) is 11.6 Å². The van der Waals surface area contributed by atoms with Gasteiger partial charge in [-0.2, -0.15) is 13.2 Å². The quantitative estimate of drug-likeness (QED) is 0.517. The van der Waals surface area contributed by atoms with Gasteiger partial charge >= 0.3 is 12.1 Å². The van der Waals surface area contributed by atoms with Crippen LogP contribution in [0.1, 0.15) is 26.3 Å². The lowest BCUT2D eigenvalue weighted by Gasteiger charge is -2.10. The van der Waals surface area contributed by atoms with Crippen molar-refractivity contribution in [3.63, 3.8) is 0 Å². The lowest BCUT2D eigenvalue weighted by molar-refractivity contribution is -0.141. The van der Waals surface area contributed by atoms with Crippen molar-refractivity contribution in [2.75, 3.05) is 27.4 Å². The molecule has 0 spiro atoms. The predicted molar refractivity (Wildman–Crippen MR) is 98.6 cm³/mol. The van der Waals surface area contributed by atoms with E-state index in [0.717, 1.165) is 24.3 Å². The zero-order valence-corrected chi connectivity index (χ0v) is 16.0. The summed E-state index contributed by atoms with van der Waals surface area (Å²) in [6.45, 7) is -1.15. The maximum absolute atomic E-state index is 12.5. The first-order valence-electron chi connectivity index (χ1n) is 8.52. The van der Waals surface area contributed by atoms with E-state index in [9.17, 15) is 27.6 Å². The number of Topliss-reactive ketones (excluding diaryl/α,β-unsaturated/α-hetero) is 1. The topological polar surface area (TPSA) is 90.9 Å². The van der Waals surface area contributed by atoms with E-state index in [1.165, 1.54) is 26.4 Å². The third kappa shape index (κ3) is 5.97. The second-order valence-electron chi connectivity index (χ2n) is 5.91. The van der Waals surface area contributed by atoms with E-state index in [2.05, 4.69) is 5.32 Å². The number of carbonyl (C=O) groups excluding carboxylic acids is 3. The number of amides is 1. The van der Waals surface area contributed by atoms with Gasteiger partial charge in [-0.1, -0.05) is 0 Å². The molecule has 7 nitrogen and oxygen atoms in total. The van der Waals surface area contributed by atoms with Gasteiger partial charge in [-0.3, -0.25) is 14.4 Å². The van der Waals surface area contributed by atoms with Gasteiger partial charge in [0.2, 0.25) is 5.78 Å². The highest BCUT2D eigenvalue weighted by Crippen LogP contribution is 2.29. The molecule has 0 unspecified atom stereocenters. The van der Waals surface area contributed by atoms with Gasteiger partial charge in [0.25, 0.3) is 5.91 Å². The van der Waals surface area contributed by atoms with Gasteiger partial charge < -0.3 is 19.5 Å². The summed E-state index contributed by atoms with van der Waals surface area (Å²) in [6, 6.07) is 8.00. The van der Waals surface area contributed by atoms with Gasteiger partial charge in [0.15, 0.2) is 6.61 Å². The van der Waals surface area contributed by atoms with Crippen molar-refractivity contribution in [1.29, 1.82) is 0 Å². The summed E-state index contributed by atoms with van der Waals surface area (Å²) in [5.74, 6) is -1.46. The zero-order chi connectivity index (χ0) is 22.3. The fourth-order valence-corrected chi connectivity index (χ4v) is 2.37. The highest BCUT2D eigenvalue weighted by Gasteiger charge is 2.30. The molecule has 160 valence electrons. The van der Waals surface area contributed by atoms with Crippen LogP contribution in [0.3, 0.4) is 0 Å². The normalized spacial score (nSPS) is 10.8. The highest BCUT2D eigenvalue weighted by molar-refractivity contribution is 6.01. The van der Waals surface area contributed by atoms with Crippen molar-refractivity contribution in [2.24, 2.45) is 0 Å². The largest absolute Gasteiger partial charge is 0.497 e. The molecule has 10 heteroatoms. The van der Waals surface area contributed by atoms with Gasteiger partial charge in [-0.15, -0.1) is 0 Å². The number of methoxy groups -OCH3 is 2. The van der Waals surface area contributed by atoms with Crippen LogP contribution in [0.4, 0.5) is 13.2 Å². The number of hydrogen-bond donors (Lipinski definition) is 1. The van der Waals surface area contributed by atoms with E-state index in [0.29, 0.717) is 5.75 Å². The Morgan fingerprint density at radius 3 is 2.20 bits per heavy atom. The third-order valence-electron chi connectivity index (χ3n) is 3.94. The van der Waals surface area contributed by atoms with Gasteiger partial charge in [0.1, 0.15) is 18.0 Å². The van der Waals surface area contributed by atoms with Crippen LogP contribution in [0.25, 0.3) is 0 Å². The third-order valence-corrected chi connectivity index (χ3v) is 3.94. The van der Waals surface area contributed by atoms with Crippen LogP contribution in [0.15, 0.2) is 42.5 Å². The first-order valence-corrected chi connectivity index (χ1v) is 8.52. The van der Waals surface area contributed by atoms with Crippen LogP contribution in [0.5, 0.6) is 11.5 Å². The number of ketones is 1. The van der Waals surface area contributed by atoms with Gasteiger partial charge in [-0.25, -0.2) is 0 Å². The molecule has 0 aliphatic rings. The van der Waals surface area contributed by atoms with Crippen LogP contribution in [0.2, 0.25) is 0 Å². The van der Waals surface area contributed by atoms with Crippen LogP contribution in [0, 0.1) is 0 Å². The Labute approximate surface area is 169 Å². The number of carbonyl (C=O) groups is 3. The first kappa shape index (κ1) is 22.7. The molecule has 0 heterocycles. The molecular formula is C20H18F3NO6. The number of benzene rings is 2. The fraction of sp³-hybridized carbons (Fsp3) is 0.250. The summed E-state index contributed by atoms with van der Waals surface area (Å²) in [7, 11) is 2.82. The van der Waals surface area contributed by atoms with E-state index >= 15 is 0 Å². The Morgan fingerprint density at radius 2 is 1.63 bits per heavy atom. The molecule has 2 aromatic carbocycles. The lowest BCUT2D eigenvalue weighted by atomic mass is 10.1. The zero-order valence-electron chi connectivity index (χ0n) is 16.0. The summed E-state index contributed by atoms with van der Waals surface area (Å²) < 4.78 is 52.5. The fourth-order valence-electron chi connectivity index (χ4n) is 2.37. The molecule has 2 rings (SSSR count). The molecule has 0 fully saturated rings. The number of rotatable bonds is 8. The smallest absolute Gasteiger partial charge is 0.416 e. The van der Waals surface area contributed by atoms with Crippen LogP contribution in [-0.4, -0.2) is 45.0 Å². The highest BCUT2D eigenvalue weighted by atomic mass is 19.4. The van der Waals surface area contributed by atoms with E-state index in [-0.39, 0.29) is 16.9 Å². The summed E-state index contributed by atoms with van der Waals surface area (Å²) >= 11 is 0. The average molecular weight is 425 g/mol. The second-order valence-corrected chi connectivity index (χ2v) is 5.91. The predicted octanol–water partition coefficient (Wildman–Crippen LogP) is 2.88. The summed E-state index contributed by atoms with van der Waals surface area (Å²) in [5.41, 5.74) is -0.777. The minimum Gasteiger partial charge on any atom is -0.497 e. The molecular weight excluding hydrogens is 407 g/mol. The Bertz CT molecular complexity index is 925. The summed E-state index contributed by atoms with van der Waals surface area (Å²) in [5, 5.41) is 2.21. The summed E-state index contributed by atoms with van der Waals surface area (Å²) in [6.07, 6.45) is -4.52. The van der Waals surface area contributed by atoms with E-state index in [1.807, 2.05) is 0 Å². The minimum atomic E-state index is -4.52. The second kappa shape index (κ2) is 9.77. The maximum Gasteiger partial charge on any atom is 0.416 e. The molecule has 1 N–H and O–H groups in total. The van der Waals surface area contributed by atoms with Crippen molar-refractivity contribution in [3.8, 4) is 11.5 Å². The molecule has 0 aliphatic heterocycles. The minimum absolute atomic E-state index is 0.0603. The Morgan fingerprint density at radius 1 is 0.967 bits per heavy atom. The van der Waals surface area contributed by atoms with Crippen LogP contribution < -0.4 is 14.8 Å². The molecule has 1 amide bonds. The Balaban J connectivity index is 1.86. The molecule has 0 bridgehead atoms. The number of alkyl halides is 3. The monoisotopic (exact) mass is 425 g/mol. The number of halogens is 3. The summed E-state index contributed by atoms with van der Waals surface area (Å²) in [4.78, 5) is 35.9. The number of hydrogen-bond acceptors (Lipinski definition) is 6. The van der Waals surface area contributed by atoms with Gasteiger partial charge in [-0.05, 0) is 36.4 Å². The van der Waals surface area contributed by atoms with E-state index in [1.54, 1.807) is 6.07 Å². The Kier molecular flexibility index (Phi) is 7.40. The maximum atomic E-state index is 12.5. The van der Waals surface area contributed by atoms with E-state index in [4.69, 9.17) is 14.2 Å². The molecule has 0 atom stereocenters. The molecule has 0 aromatic heterocycles. The molecule has 0 radical (unpaired) electrons. The number of esters is 1. The molecule has 0 aliphatic carbocycles. The first-order chi connectivity index (χ1) is 14.2. The van der Waals surface area contributed by atoms with Crippen molar-refractivity contribution in [2.45, 2.75) is 6.18 Å². The molecule has 30 heavy (non-hydrogen) atoms. The Hall–Kier alpha value is -3.56. The van der Waals surface area contributed by atoms with Crippen molar-refractivity contribution in [3.05, 3.63) is 59.2 Å². The van der Waals surface area contributed by atoms with Crippen molar-refractivity contribution in [1.82, 2.24) is 5.32 Å². The standard InChI is InChI=1S/C20H18F3NO6/c1-28-14-7-8-15(17(9-14)29-2)16(25)11-30-18(26)10-24-19(27)12-3-5-13(6-4-12)20(21,22)23/h3-9H,10-11H2,1-2H3,(H,24,27). The molecule has 2 aromatic rings. The van der Waals surface area contributed by atoms with Crippen molar-refractivity contribution < 1.29 is 41.8 Å². The van der Waals surface area contributed by atoms with Gasteiger partial charge in [0.05, 0.1) is 25.3 Å². The average Bonchev–Trinajstić information content (AvgIpc) is 2.74. The number of ether oxygens (including phenoxy) is 3. The lowest BCUT2D eigenvalue weighted by Crippen LogP contribution is -2.31. The molecule has 0 saturated carbocycles. The SMILES string of the molecule is COc1ccc(C(=O)COC(=O)CNC(=O)c2ccc(C(F)(F)F)cc2)c(OC)c1. The van der Waals surface area contributed by atoms with E-state index < -0.39 is 42.6 Å².